The lowest BCUT2D eigenvalue weighted by Gasteiger charge is -2.37. The van der Waals surface area contributed by atoms with E-state index >= 15 is 0 Å². The molecule has 0 heterocycles. The number of ether oxygens (including phenoxy) is 1. The van der Waals surface area contributed by atoms with Crippen LogP contribution < -0.4 is 0 Å². The molecule has 4 atom stereocenters. The number of hydrogen-bond acceptors (Lipinski definition) is 3. The van der Waals surface area contributed by atoms with Gasteiger partial charge in [0.2, 0.25) is 0 Å². The molecule has 0 spiro atoms. The predicted molar refractivity (Wildman–Crippen MR) is 71.1 cm³/mol. The van der Waals surface area contributed by atoms with Gasteiger partial charge in [0.25, 0.3) is 0 Å². The Balaban J connectivity index is 2.66. The maximum atomic E-state index is 11.9. The first kappa shape index (κ1) is 15.2. The van der Waals surface area contributed by atoms with Crippen molar-refractivity contribution in [1.82, 2.24) is 0 Å². The summed E-state index contributed by atoms with van der Waals surface area (Å²) in [7, 11) is 0. The van der Waals surface area contributed by atoms with Crippen LogP contribution in [0.4, 0.5) is 0 Å². The summed E-state index contributed by atoms with van der Waals surface area (Å²) in [6.45, 7) is 9.62. The summed E-state index contributed by atoms with van der Waals surface area (Å²) < 4.78 is 5.60. The van der Waals surface area contributed by atoms with Crippen molar-refractivity contribution in [2.24, 2.45) is 23.7 Å². The molecule has 4 unspecified atom stereocenters. The summed E-state index contributed by atoms with van der Waals surface area (Å²) in [4.78, 5) is 23.1. The van der Waals surface area contributed by atoms with E-state index in [2.05, 4.69) is 20.8 Å². The van der Waals surface area contributed by atoms with Crippen molar-refractivity contribution in [3.05, 3.63) is 0 Å². The highest BCUT2D eigenvalue weighted by molar-refractivity contribution is 5.97. The minimum Gasteiger partial charge on any atom is -0.462 e. The molecule has 0 aromatic carbocycles. The first-order valence-corrected chi connectivity index (χ1v) is 7.03. The summed E-state index contributed by atoms with van der Waals surface area (Å²) in [6.07, 6.45) is 3.24. The van der Waals surface area contributed by atoms with Gasteiger partial charge < -0.3 is 4.74 Å². The summed E-state index contributed by atoms with van der Waals surface area (Å²) in [5, 5.41) is 0. The van der Waals surface area contributed by atoms with Gasteiger partial charge in [-0.3, -0.25) is 9.59 Å². The molecule has 0 radical (unpaired) electrons. The smallest absolute Gasteiger partial charge is 0.316 e. The Morgan fingerprint density at radius 3 is 2.28 bits per heavy atom. The Kier molecular flexibility index (Phi) is 5.36. The van der Waals surface area contributed by atoms with E-state index in [0.29, 0.717) is 17.8 Å². The van der Waals surface area contributed by atoms with Gasteiger partial charge >= 0.3 is 5.97 Å². The van der Waals surface area contributed by atoms with Gasteiger partial charge in [-0.05, 0) is 44.4 Å². The Morgan fingerprint density at radius 2 is 1.78 bits per heavy atom. The second-order valence-corrected chi connectivity index (χ2v) is 6.13. The third-order valence-corrected chi connectivity index (χ3v) is 4.19. The third kappa shape index (κ3) is 3.82. The largest absolute Gasteiger partial charge is 0.462 e. The molecule has 1 fully saturated rings. The third-order valence-electron chi connectivity index (χ3n) is 4.19. The fraction of sp³-hybridized carbons (Fsp3) is 0.867. The molecule has 1 saturated carbocycles. The summed E-state index contributed by atoms with van der Waals surface area (Å²) in [5.41, 5.74) is 0. The first-order valence-electron chi connectivity index (χ1n) is 7.03. The maximum absolute atomic E-state index is 11.9. The monoisotopic (exact) mass is 254 g/mol. The van der Waals surface area contributed by atoms with E-state index in [1.165, 1.54) is 13.3 Å². The second-order valence-electron chi connectivity index (χ2n) is 6.13. The quantitative estimate of drug-likeness (QED) is 0.571. The van der Waals surface area contributed by atoms with Crippen LogP contribution in [-0.2, 0) is 14.3 Å². The maximum Gasteiger partial charge on any atom is 0.316 e. The van der Waals surface area contributed by atoms with Crippen molar-refractivity contribution in [2.75, 3.05) is 0 Å². The molecular formula is C15H26O3. The van der Waals surface area contributed by atoms with Crippen LogP contribution in [0.15, 0.2) is 0 Å². The van der Waals surface area contributed by atoms with Crippen molar-refractivity contribution < 1.29 is 14.3 Å². The molecule has 18 heavy (non-hydrogen) atoms. The summed E-state index contributed by atoms with van der Waals surface area (Å²) >= 11 is 0. The highest BCUT2D eigenvalue weighted by atomic mass is 16.5. The van der Waals surface area contributed by atoms with Gasteiger partial charge in [0.1, 0.15) is 17.8 Å². The standard InChI is InChI=1S/C15H26O3/c1-9(2)13-7-6-10(3)8-14(13)18-15(17)11(4)12(5)16/h9-11,13-14H,6-8H2,1-5H3. The molecule has 0 N–H and O–H groups in total. The average molecular weight is 254 g/mol. The van der Waals surface area contributed by atoms with Crippen LogP contribution in [0, 0.1) is 23.7 Å². The number of Topliss-reactive ketones (excluding diaryl/α,β-unsaturated/α-hetero) is 1. The SMILES string of the molecule is CC(=O)C(C)C(=O)OC1CC(C)CCC1C(C)C. The predicted octanol–water partition coefficient (Wildman–Crippen LogP) is 3.22. The highest BCUT2D eigenvalue weighted by Crippen LogP contribution is 2.35. The molecule has 1 aliphatic rings. The van der Waals surface area contributed by atoms with Gasteiger partial charge in [0, 0.05) is 0 Å². The average Bonchev–Trinajstić information content (AvgIpc) is 2.27. The number of ketones is 1. The molecule has 1 rings (SSSR count). The van der Waals surface area contributed by atoms with Gasteiger partial charge in [0.15, 0.2) is 0 Å². The number of esters is 1. The Labute approximate surface area is 110 Å². The topological polar surface area (TPSA) is 43.4 Å². The van der Waals surface area contributed by atoms with Gasteiger partial charge in [0.05, 0.1) is 0 Å². The van der Waals surface area contributed by atoms with Gasteiger partial charge in [-0.1, -0.05) is 27.2 Å². The zero-order valence-electron chi connectivity index (χ0n) is 12.2. The van der Waals surface area contributed by atoms with E-state index in [0.717, 1.165) is 12.8 Å². The van der Waals surface area contributed by atoms with Gasteiger partial charge in [-0.25, -0.2) is 0 Å². The van der Waals surface area contributed by atoms with Gasteiger partial charge in [-0.2, -0.15) is 0 Å². The fourth-order valence-electron chi connectivity index (χ4n) is 2.67. The molecule has 0 saturated heterocycles. The molecule has 3 nitrogen and oxygen atoms in total. The zero-order chi connectivity index (χ0) is 13.9. The van der Waals surface area contributed by atoms with Crippen LogP contribution in [0.5, 0.6) is 0 Å². The van der Waals surface area contributed by atoms with Gasteiger partial charge in [-0.15, -0.1) is 0 Å². The molecule has 104 valence electrons. The van der Waals surface area contributed by atoms with Crippen molar-refractivity contribution >= 4 is 11.8 Å². The van der Waals surface area contributed by atoms with E-state index < -0.39 is 5.92 Å². The molecule has 0 aliphatic heterocycles. The Morgan fingerprint density at radius 1 is 1.17 bits per heavy atom. The van der Waals surface area contributed by atoms with Crippen molar-refractivity contribution in [3.8, 4) is 0 Å². The van der Waals surface area contributed by atoms with Crippen LogP contribution in [0.2, 0.25) is 0 Å². The van der Waals surface area contributed by atoms with E-state index in [-0.39, 0.29) is 17.9 Å². The van der Waals surface area contributed by atoms with Crippen molar-refractivity contribution in [2.45, 2.75) is 60.0 Å². The van der Waals surface area contributed by atoms with E-state index in [9.17, 15) is 9.59 Å². The van der Waals surface area contributed by atoms with E-state index in [1.807, 2.05) is 0 Å². The van der Waals surface area contributed by atoms with Crippen LogP contribution in [0.1, 0.15) is 53.9 Å². The highest BCUT2D eigenvalue weighted by Gasteiger charge is 2.34. The molecule has 0 amide bonds. The minimum atomic E-state index is -0.630. The molecule has 0 bridgehead atoms. The number of rotatable bonds is 4. The lowest BCUT2D eigenvalue weighted by atomic mass is 9.75. The van der Waals surface area contributed by atoms with Crippen molar-refractivity contribution in [1.29, 1.82) is 0 Å². The Bertz CT molecular complexity index is 309. The van der Waals surface area contributed by atoms with E-state index in [1.54, 1.807) is 6.92 Å². The summed E-state index contributed by atoms with van der Waals surface area (Å²) in [5.74, 6) is 0.449. The van der Waals surface area contributed by atoms with Crippen LogP contribution in [-0.4, -0.2) is 17.9 Å². The zero-order valence-corrected chi connectivity index (χ0v) is 12.2. The number of carbonyl (C=O) groups is 2. The van der Waals surface area contributed by atoms with Crippen molar-refractivity contribution in [3.63, 3.8) is 0 Å². The molecule has 0 aromatic heterocycles. The molecule has 0 aromatic rings. The summed E-state index contributed by atoms with van der Waals surface area (Å²) in [6, 6.07) is 0. The number of hydrogen-bond donors (Lipinski definition) is 0. The minimum absolute atomic E-state index is 0.0111. The lowest BCUT2D eigenvalue weighted by molar-refractivity contribution is -0.161. The van der Waals surface area contributed by atoms with Crippen LogP contribution in [0.25, 0.3) is 0 Å². The van der Waals surface area contributed by atoms with E-state index in [4.69, 9.17) is 4.74 Å². The lowest BCUT2D eigenvalue weighted by Crippen LogP contribution is -2.37. The van der Waals surface area contributed by atoms with Crippen LogP contribution in [0.3, 0.4) is 0 Å². The fourth-order valence-corrected chi connectivity index (χ4v) is 2.67. The molecule has 1 aliphatic carbocycles. The van der Waals surface area contributed by atoms with Crippen LogP contribution >= 0.6 is 0 Å². The molecule has 3 heteroatoms. The first-order chi connectivity index (χ1) is 8.32. The normalized spacial score (nSPS) is 30.0. The number of carbonyl (C=O) groups excluding carboxylic acids is 2. The molecular weight excluding hydrogens is 228 g/mol. The second kappa shape index (κ2) is 6.35. The Hall–Kier alpha value is -0.860.